The van der Waals surface area contributed by atoms with Crippen LogP contribution in [0.4, 0.5) is 13.6 Å². The minimum Gasteiger partial charge on any atom is -0.334 e. The average Bonchev–Trinajstić information content (AvgIpc) is 2.48. The van der Waals surface area contributed by atoms with Crippen molar-refractivity contribution in [3.63, 3.8) is 0 Å². The summed E-state index contributed by atoms with van der Waals surface area (Å²) in [4.78, 5) is 11.8. The number of halogens is 2. The first kappa shape index (κ1) is 15.9. The molecule has 2 amide bonds. The number of urea groups is 1. The van der Waals surface area contributed by atoms with E-state index >= 15 is 0 Å². The number of carbonyl (C=O) groups excluding carboxylic acids is 1. The van der Waals surface area contributed by atoms with Crippen LogP contribution in [0, 0.1) is 18.6 Å². The Morgan fingerprint density at radius 2 is 1.91 bits per heavy atom. The maximum atomic E-state index is 13.2. The fourth-order valence-electron chi connectivity index (χ4n) is 2.12. The molecule has 116 valence electrons. The Hall–Kier alpha value is -2.43. The van der Waals surface area contributed by atoms with Gasteiger partial charge in [0.25, 0.3) is 0 Å². The molecule has 0 saturated carbocycles. The number of hydrogen-bond acceptors (Lipinski definition) is 1. The first-order valence-corrected chi connectivity index (χ1v) is 7.00. The van der Waals surface area contributed by atoms with Crippen molar-refractivity contribution in [1.29, 1.82) is 0 Å². The molecule has 1 atom stereocenters. The summed E-state index contributed by atoms with van der Waals surface area (Å²) >= 11 is 0. The highest BCUT2D eigenvalue weighted by molar-refractivity contribution is 5.74. The van der Waals surface area contributed by atoms with E-state index in [9.17, 15) is 13.6 Å². The Morgan fingerprint density at radius 3 is 2.59 bits per heavy atom. The van der Waals surface area contributed by atoms with Crippen LogP contribution < -0.4 is 10.6 Å². The van der Waals surface area contributed by atoms with Gasteiger partial charge >= 0.3 is 6.03 Å². The summed E-state index contributed by atoms with van der Waals surface area (Å²) in [5.41, 5.74) is 2.62. The van der Waals surface area contributed by atoms with Gasteiger partial charge in [0.1, 0.15) is 0 Å². The van der Waals surface area contributed by atoms with Crippen LogP contribution in [-0.4, -0.2) is 6.03 Å². The molecule has 0 aromatic heterocycles. The van der Waals surface area contributed by atoms with E-state index in [0.29, 0.717) is 12.1 Å². The minimum absolute atomic E-state index is 0.362. The van der Waals surface area contributed by atoms with Gasteiger partial charge in [-0.05, 0) is 37.1 Å². The van der Waals surface area contributed by atoms with Gasteiger partial charge in [0, 0.05) is 6.54 Å². The molecule has 2 aromatic carbocycles. The number of benzene rings is 2. The van der Waals surface area contributed by atoms with Gasteiger partial charge in [-0.3, -0.25) is 0 Å². The van der Waals surface area contributed by atoms with Crippen molar-refractivity contribution in [3.05, 3.63) is 70.8 Å². The van der Waals surface area contributed by atoms with Crippen LogP contribution in [0.15, 0.2) is 42.5 Å². The van der Waals surface area contributed by atoms with Crippen molar-refractivity contribution in [2.45, 2.75) is 26.4 Å². The predicted molar refractivity (Wildman–Crippen MR) is 81.3 cm³/mol. The average molecular weight is 304 g/mol. The second-order valence-electron chi connectivity index (χ2n) is 5.21. The molecule has 0 saturated heterocycles. The van der Waals surface area contributed by atoms with Gasteiger partial charge in [-0.2, -0.15) is 0 Å². The van der Waals surface area contributed by atoms with E-state index in [-0.39, 0.29) is 6.03 Å². The zero-order chi connectivity index (χ0) is 16.1. The number of amides is 2. The zero-order valence-corrected chi connectivity index (χ0v) is 12.5. The van der Waals surface area contributed by atoms with Crippen molar-refractivity contribution in [2.75, 3.05) is 0 Å². The fraction of sp³-hybridized carbons (Fsp3) is 0.235. The molecular weight excluding hydrogens is 286 g/mol. The fourth-order valence-corrected chi connectivity index (χ4v) is 2.12. The maximum absolute atomic E-state index is 13.2. The number of nitrogens with one attached hydrogen (secondary N) is 2. The summed E-state index contributed by atoms with van der Waals surface area (Å²) in [6.45, 7) is 4.09. The lowest BCUT2D eigenvalue weighted by molar-refractivity contribution is 0.237. The van der Waals surface area contributed by atoms with Gasteiger partial charge in [-0.25, -0.2) is 13.6 Å². The van der Waals surface area contributed by atoms with Crippen molar-refractivity contribution in [2.24, 2.45) is 0 Å². The second kappa shape index (κ2) is 7.02. The van der Waals surface area contributed by atoms with Gasteiger partial charge < -0.3 is 10.6 Å². The van der Waals surface area contributed by atoms with Gasteiger partial charge in [0.15, 0.2) is 11.6 Å². The number of hydrogen-bond donors (Lipinski definition) is 2. The molecule has 0 heterocycles. The first-order chi connectivity index (χ1) is 10.5. The molecule has 22 heavy (non-hydrogen) atoms. The van der Waals surface area contributed by atoms with E-state index in [1.165, 1.54) is 6.07 Å². The monoisotopic (exact) mass is 304 g/mol. The molecule has 5 heteroatoms. The molecule has 0 aliphatic carbocycles. The van der Waals surface area contributed by atoms with E-state index in [4.69, 9.17) is 0 Å². The second-order valence-corrected chi connectivity index (χ2v) is 5.21. The molecule has 1 unspecified atom stereocenters. The summed E-state index contributed by atoms with van der Waals surface area (Å²) in [5.74, 6) is -1.83. The highest BCUT2D eigenvalue weighted by atomic mass is 19.2. The summed E-state index contributed by atoms with van der Waals surface area (Å²) in [6, 6.07) is 10.6. The molecule has 3 nitrogen and oxygen atoms in total. The molecule has 2 rings (SSSR count). The largest absolute Gasteiger partial charge is 0.334 e. The highest BCUT2D eigenvalue weighted by Gasteiger charge is 2.11. The van der Waals surface area contributed by atoms with Gasteiger partial charge in [0.2, 0.25) is 0 Å². The van der Waals surface area contributed by atoms with Crippen LogP contribution in [0.2, 0.25) is 0 Å². The molecule has 0 fully saturated rings. The molecule has 2 aromatic rings. The van der Waals surface area contributed by atoms with Crippen molar-refractivity contribution in [1.82, 2.24) is 10.6 Å². The van der Waals surface area contributed by atoms with Gasteiger partial charge in [0.05, 0.1) is 6.04 Å². The van der Waals surface area contributed by atoms with Crippen molar-refractivity contribution < 1.29 is 13.6 Å². The Labute approximate surface area is 128 Å². The van der Waals surface area contributed by atoms with Crippen LogP contribution in [0.5, 0.6) is 0 Å². The molecular formula is C17H18F2N2O. The van der Waals surface area contributed by atoms with E-state index < -0.39 is 17.7 Å². The third-order valence-corrected chi connectivity index (χ3v) is 3.33. The third kappa shape index (κ3) is 4.28. The Bertz CT molecular complexity index is 673. The SMILES string of the molecule is Cc1cccc(CNC(=O)NC(C)c2ccc(F)c(F)c2)c1. The normalized spacial score (nSPS) is 11.8. The lowest BCUT2D eigenvalue weighted by atomic mass is 10.1. The molecule has 0 spiro atoms. The zero-order valence-electron chi connectivity index (χ0n) is 12.5. The summed E-state index contributed by atoms with van der Waals surface area (Å²) in [5, 5.41) is 5.42. The van der Waals surface area contributed by atoms with Gasteiger partial charge in [-0.1, -0.05) is 35.9 Å². The Balaban J connectivity index is 1.89. The molecule has 0 aliphatic rings. The number of carbonyl (C=O) groups is 1. The van der Waals surface area contributed by atoms with Crippen LogP contribution in [0.25, 0.3) is 0 Å². The van der Waals surface area contributed by atoms with Crippen LogP contribution in [0.1, 0.15) is 29.7 Å². The van der Waals surface area contributed by atoms with E-state index in [1.807, 2.05) is 31.2 Å². The molecule has 0 aliphatic heterocycles. The van der Waals surface area contributed by atoms with Crippen LogP contribution in [-0.2, 0) is 6.54 Å². The lowest BCUT2D eigenvalue weighted by Gasteiger charge is -2.15. The molecule has 0 bridgehead atoms. The molecule has 2 N–H and O–H groups in total. The summed E-state index contributed by atoms with van der Waals surface area (Å²) in [7, 11) is 0. The predicted octanol–water partition coefficient (Wildman–Crippen LogP) is 3.83. The van der Waals surface area contributed by atoms with Crippen molar-refractivity contribution >= 4 is 6.03 Å². The summed E-state index contributed by atoms with van der Waals surface area (Å²) in [6.07, 6.45) is 0. The first-order valence-electron chi connectivity index (χ1n) is 7.00. The Kier molecular flexibility index (Phi) is 5.09. The highest BCUT2D eigenvalue weighted by Crippen LogP contribution is 2.15. The summed E-state index contributed by atoms with van der Waals surface area (Å²) < 4.78 is 26.1. The van der Waals surface area contributed by atoms with E-state index in [2.05, 4.69) is 10.6 Å². The van der Waals surface area contributed by atoms with Crippen LogP contribution >= 0.6 is 0 Å². The van der Waals surface area contributed by atoms with Crippen molar-refractivity contribution in [3.8, 4) is 0 Å². The van der Waals surface area contributed by atoms with Gasteiger partial charge in [-0.15, -0.1) is 0 Å². The number of rotatable bonds is 4. The smallest absolute Gasteiger partial charge is 0.315 e. The minimum atomic E-state index is -0.925. The van der Waals surface area contributed by atoms with E-state index in [0.717, 1.165) is 23.3 Å². The molecule has 0 radical (unpaired) electrons. The Morgan fingerprint density at radius 1 is 1.14 bits per heavy atom. The quantitative estimate of drug-likeness (QED) is 0.885. The standard InChI is InChI=1S/C17H18F2N2O/c1-11-4-3-5-13(8-11)10-20-17(22)21-12(2)14-6-7-15(18)16(19)9-14/h3-9,12H,10H2,1-2H3,(H2,20,21,22). The third-order valence-electron chi connectivity index (χ3n) is 3.33. The topological polar surface area (TPSA) is 41.1 Å². The lowest BCUT2D eigenvalue weighted by Crippen LogP contribution is -2.36. The van der Waals surface area contributed by atoms with Crippen LogP contribution in [0.3, 0.4) is 0 Å². The number of aryl methyl sites for hydroxylation is 1. The van der Waals surface area contributed by atoms with E-state index in [1.54, 1.807) is 6.92 Å². The maximum Gasteiger partial charge on any atom is 0.315 e.